The van der Waals surface area contributed by atoms with E-state index in [0.717, 1.165) is 11.3 Å². The van der Waals surface area contributed by atoms with Crippen LogP contribution in [0.1, 0.15) is 27.4 Å². The number of nitrogens with zero attached hydrogens (tertiary/aromatic N) is 3. The number of anilines is 1. The van der Waals surface area contributed by atoms with E-state index in [1.165, 1.54) is 0 Å². The topological polar surface area (TPSA) is 79.8 Å². The molecular formula is C20H20ClN5O. The van der Waals surface area contributed by atoms with Crippen LogP contribution in [0.3, 0.4) is 0 Å². The van der Waals surface area contributed by atoms with Crippen LogP contribution in [0.25, 0.3) is 0 Å². The Kier molecular flexibility index (Phi) is 6.33. The van der Waals surface area contributed by atoms with E-state index in [2.05, 4.69) is 25.6 Å². The fourth-order valence-corrected chi connectivity index (χ4v) is 2.75. The predicted molar refractivity (Wildman–Crippen MR) is 106 cm³/mol. The van der Waals surface area contributed by atoms with E-state index in [9.17, 15) is 4.79 Å². The first-order valence-electron chi connectivity index (χ1n) is 8.62. The summed E-state index contributed by atoms with van der Waals surface area (Å²) in [5, 5.41) is 6.68. The number of benzene rings is 1. The number of hydrogen-bond donors (Lipinski definition) is 2. The number of rotatable bonds is 7. The maximum atomic E-state index is 12.4. The van der Waals surface area contributed by atoms with Crippen molar-refractivity contribution in [3.8, 4) is 0 Å². The smallest absolute Gasteiger partial charge is 0.270 e. The standard InChI is InChI=1S/C20H20ClN5O/c1-14-11-18(19(27)23-10-8-15-5-4-6-16(21)12-15)26-20(25-14)24-13-17-7-2-3-9-22-17/h2-7,9,11-12H,8,10,13H2,1H3,(H,23,27)(H,24,25,26). The lowest BCUT2D eigenvalue weighted by Crippen LogP contribution is -2.27. The molecule has 3 rings (SSSR count). The Labute approximate surface area is 163 Å². The minimum Gasteiger partial charge on any atom is -0.350 e. The molecule has 27 heavy (non-hydrogen) atoms. The van der Waals surface area contributed by atoms with Crippen LogP contribution >= 0.6 is 11.6 Å². The van der Waals surface area contributed by atoms with Gasteiger partial charge < -0.3 is 10.6 Å². The predicted octanol–water partition coefficient (Wildman–Crippen LogP) is 3.42. The maximum Gasteiger partial charge on any atom is 0.270 e. The normalized spacial score (nSPS) is 10.4. The molecule has 0 fully saturated rings. The van der Waals surface area contributed by atoms with Crippen LogP contribution in [0.2, 0.25) is 5.02 Å². The highest BCUT2D eigenvalue weighted by atomic mass is 35.5. The number of pyridine rings is 1. The van der Waals surface area contributed by atoms with Crippen molar-refractivity contribution in [2.24, 2.45) is 0 Å². The number of amides is 1. The molecule has 6 nitrogen and oxygen atoms in total. The summed E-state index contributed by atoms with van der Waals surface area (Å²) in [6.07, 6.45) is 2.42. The molecule has 0 aliphatic rings. The van der Waals surface area contributed by atoms with Gasteiger partial charge >= 0.3 is 0 Å². The highest BCUT2D eigenvalue weighted by Gasteiger charge is 2.10. The maximum absolute atomic E-state index is 12.4. The zero-order valence-corrected chi connectivity index (χ0v) is 15.7. The van der Waals surface area contributed by atoms with Gasteiger partial charge in [-0.1, -0.05) is 29.8 Å². The molecule has 1 amide bonds. The third-order valence-corrected chi connectivity index (χ3v) is 4.06. The number of aromatic nitrogens is 3. The van der Waals surface area contributed by atoms with Crippen molar-refractivity contribution < 1.29 is 4.79 Å². The lowest BCUT2D eigenvalue weighted by atomic mass is 10.1. The first-order chi connectivity index (χ1) is 13.1. The second-order valence-electron chi connectivity index (χ2n) is 6.03. The second kappa shape index (κ2) is 9.09. The third-order valence-electron chi connectivity index (χ3n) is 3.83. The van der Waals surface area contributed by atoms with Gasteiger partial charge in [-0.25, -0.2) is 9.97 Å². The number of hydrogen-bond acceptors (Lipinski definition) is 5. The zero-order chi connectivity index (χ0) is 19.1. The molecule has 3 aromatic rings. The molecular weight excluding hydrogens is 362 g/mol. The molecule has 0 saturated carbocycles. The first kappa shape index (κ1) is 18.8. The Hall–Kier alpha value is -2.99. The number of carbonyl (C=O) groups excluding carboxylic acids is 1. The van der Waals surface area contributed by atoms with Crippen molar-refractivity contribution in [1.29, 1.82) is 0 Å². The van der Waals surface area contributed by atoms with E-state index in [-0.39, 0.29) is 5.91 Å². The molecule has 0 unspecified atom stereocenters. The van der Waals surface area contributed by atoms with Crippen molar-refractivity contribution >= 4 is 23.5 Å². The SMILES string of the molecule is Cc1cc(C(=O)NCCc2cccc(Cl)c2)nc(NCc2ccccn2)n1. The van der Waals surface area contributed by atoms with Gasteiger partial charge in [0.1, 0.15) is 5.69 Å². The minimum absolute atomic E-state index is 0.233. The molecule has 0 bridgehead atoms. The van der Waals surface area contributed by atoms with Crippen LogP contribution in [-0.4, -0.2) is 27.4 Å². The quantitative estimate of drug-likeness (QED) is 0.655. The highest BCUT2D eigenvalue weighted by Crippen LogP contribution is 2.11. The summed E-state index contributed by atoms with van der Waals surface area (Å²) < 4.78 is 0. The third kappa shape index (κ3) is 5.76. The zero-order valence-electron chi connectivity index (χ0n) is 14.9. The van der Waals surface area contributed by atoms with E-state index in [1.54, 1.807) is 12.3 Å². The highest BCUT2D eigenvalue weighted by molar-refractivity contribution is 6.30. The van der Waals surface area contributed by atoms with Crippen LogP contribution in [0.15, 0.2) is 54.7 Å². The van der Waals surface area contributed by atoms with Gasteiger partial charge in [0.25, 0.3) is 5.91 Å². The summed E-state index contributed by atoms with van der Waals surface area (Å²) in [5.41, 5.74) is 2.99. The Morgan fingerprint density at radius 1 is 1.11 bits per heavy atom. The molecule has 0 atom stereocenters. The Balaban J connectivity index is 1.58. The summed E-state index contributed by atoms with van der Waals surface area (Å²) in [4.78, 5) is 25.3. The van der Waals surface area contributed by atoms with E-state index >= 15 is 0 Å². The molecule has 0 saturated heterocycles. The molecule has 7 heteroatoms. The van der Waals surface area contributed by atoms with Gasteiger partial charge in [0, 0.05) is 23.5 Å². The van der Waals surface area contributed by atoms with Gasteiger partial charge in [0.15, 0.2) is 0 Å². The fourth-order valence-electron chi connectivity index (χ4n) is 2.54. The Bertz CT molecular complexity index is 917. The van der Waals surface area contributed by atoms with Crippen LogP contribution in [0.4, 0.5) is 5.95 Å². The minimum atomic E-state index is -0.233. The van der Waals surface area contributed by atoms with Gasteiger partial charge in [-0.05, 0) is 49.2 Å². The van der Waals surface area contributed by atoms with E-state index in [1.807, 2.05) is 49.4 Å². The summed E-state index contributed by atoms with van der Waals surface area (Å²) in [5.74, 6) is 0.170. The monoisotopic (exact) mass is 381 g/mol. The van der Waals surface area contributed by atoms with E-state index in [0.29, 0.717) is 41.9 Å². The van der Waals surface area contributed by atoms with E-state index < -0.39 is 0 Å². The van der Waals surface area contributed by atoms with Gasteiger partial charge in [0.05, 0.1) is 12.2 Å². The molecule has 2 aromatic heterocycles. The molecule has 0 aliphatic carbocycles. The van der Waals surface area contributed by atoms with Crippen molar-refractivity contribution in [3.63, 3.8) is 0 Å². The van der Waals surface area contributed by atoms with Gasteiger partial charge in [-0.2, -0.15) is 0 Å². The summed E-state index contributed by atoms with van der Waals surface area (Å²) in [7, 11) is 0. The number of carbonyl (C=O) groups is 1. The van der Waals surface area contributed by atoms with Crippen LogP contribution in [-0.2, 0) is 13.0 Å². The molecule has 0 radical (unpaired) electrons. The van der Waals surface area contributed by atoms with Gasteiger partial charge in [0.2, 0.25) is 5.95 Å². The fraction of sp³-hybridized carbons (Fsp3) is 0.200. The summed E-state index contributed by atoms with van der Waals surface area (Å²) >= 11 is 5.98. The van der Waals surface area contributed by atoms with E-state index in [4.69, 9.17) is 11.6 Å². The Morgan fingerprint density at radius 3 is 2.78 bits per heavy atom. The molecule has 2 heterocycles. The molecule has 0 spiro atoms. The van der Waals surface area contributed by atoms with Gasteiger partial charge in [-0.15, -0.1) is 0 Å². The second-order valence-corrected chi connectivity index (χ2v) is 6.47. The first-order valence-corrected chi connectivity index (χ1v) is 9.00. The number of nitrogens with one attached hydrogen (secondary N) is 2. The molecule has 0 aliphatic heterocycles. The number of halogens is 1. The van der Waals surface area contributed by atoms with Crippen LogP contribution in [0.5, 0.6) is 0 Å². The lowest BCUT2D eigenvalue weighted by molar-refractivity contribution is 0.0949. The van der Waals surface area contributed by atoms with Crippen molar-refractivity contribution in [2.45, 2.75) is 19.9 Å². The van der Waals surface area contributed by atoms with Crippen LogP contribution in [0, 0.1) is 6.92 Å². The van der Waals surface area contributed by atoms with Crippen molar-refractivity contribution in [1.82, 2.24) is 20.3 Å². The lowest BCUT2D eigenvalue weighted by Gasteiger charge is -2.09. The van der Waals surface area contributed by atoms with Gasteiger partial charge in [-0.3, -0.25) is 9.78 Å². The average molecular weight is 382 g/mol. The molecule has 2 N–H and O–H groups in total. The Morgan fingerprint density at radius 2 is 2.00 bits per heavy atom. The van der Waals surface area contributed by atoms with Crippen molar-refractivity contribution in [3.05, 3.63) is 82.4 Å². The van der Waals surface area contributed by atoms with Crippen molar-refractivity contribution in [2.75, 3.05) is 11.9 Å². The molecule has 138 valence electrons. The summed E-state index contributed by atoms with van der Waals surface area (Å²) in [6.45, 7) is 2.81. The largest absolute Gasteiger partial charge is 0.350 e. The molecule has 1 aromatic carbocycles. The average Bonchev–Trinajstić information content (AvgIpc) is 2.67. The van der Waals surface area contributed by atoms with Crippen LogP contribution < -0.4 is 10.6 Å². The number of aryl methyl sites for hydroxylation is 1. The summed E-state index contributed by atoms with van der Waals surface area (Å²) in [6, 6.07) is 14.9.